The van der Waals surface area contributed by atoms with Crippen molar-refractivity contribution >= 4 is 6.09 Å². The van der Waals surface area contributed by atoms with E-state index in [0.717, 1.165) is 12.8 Å². The number of amides is 1. The Bertz CT molecular complexity index is 272. The molecule has 18 heavy (non-hydrogen) atoms. The summed E-state index contributed by atoms with van der Waals surface area (Å²) in [7, 11) is 0. The molecule has 1 aliphatic rings. The number of aliphatic hydroxyl groups is 1. The Balaban J connectivity index is 2.39. The van der Waals surface area contributed by atoms with Crippen LogP contribution >= 0.6 is 0 Å². The molecule has 1 unspecified atom stereocenters. The first-order chi connectivity index (χ1) is 8.35. The van der Waals surface area contributed by atoms with Gasteiger partial charge in [0, 0.05) is 25.2 Å². The first kappa shape index (κ1) is 15.2. The van der Waals surface area contributed by atoms with Crippen LogP contribution in [0.15, 0.2) is 0 Å². The molecule has 0 spiro atoms. The average molecular weight is 258 g/mol. The maximum absolute atomic E-state index is 11.9. The molecule has 1 heterocycles. The number of aliphatic hydroxyl groups excluding tert-OH is 1. The molecule has 0 aromatic carbocycles. The van der Waals surface area contributed by atoms with Crippen LogP contribution in [-0.4, -0.2) is 53.5 Å². The molecule has 0 aromatic rings. The van der Waals surface area contributed by atoms with Gasteiger partial charge in [0.05, 0.1) is 6.61 Å². The molecule has 0 saturated carbocycles. The van der Waals surface area contributed by atoms with Gasteiger partial charge in [0.15, 0.2) is 0 Å². The fraction of sp³-hybridized carbons (Fsp3) is 0.923. The minimum Gasteiger partial charge on any atom is -0.444 e. The van der Waals surface area contributed by atoms with Crippen LogP contribution in [0.1, 0.15) is 40.5 Å². The van der Waals surface area contributed by atoms with Crippen molar-refractivity contribution in [2.24, 2.45) is 0 Å². The number of hydrogen-bond donors (Lipinski definition) is 2. The highest BCUT2D eigenvalue weighted by Crippen LogP contribution is 2.15. The summed E-state index contributed by atoms with van der Waals surface area (Å²) in [6.07, 6.45) is 1.55. The highest BCUT2D eigenvalue weighted by atomic mass is 16.6. The lowest BCUT2D eigenvalue weighted by Crippen LogP contribution is -2.43. The lowest BCUT2D eigenvalue weighted by Gasteiger charge is -2.25. The average Bonchev–Trinajstić information content (AvgIpc) is 2.72. The van der Waals surface area contributed by atoms with Crippen LogP contribution in [0.3, 0.4) is 0 Å². The third kappa shape index (κ3) is 4.82. The van der Waals surface area contributed by atoms with Gasteiger partial charge in [-0.15, -0.1) is 0 Å². The molecule has 106 valence electrons. The summed E-state index contributed by atoms with van der Waals surface area (Å²) < 4.78 is 5.34. The van der Waals surface area contributed by atoms with Crippen LogP contribution in [0.4, 0.5) is 4.79 Å². The lowest BCUT2D eigenvalue weighted by molar-refractivity contribution is 0.0290. The first-order valence-corrected chi connectivity index (χ1v) is 6.70. The summed E-state index contributed by atoms with van der Waals surface area (Å²) in [5.41, 5.74) is -0.445. The molecule has 1 aliphatic heterocycles. The Morgan fingerprint density at radius 3 is 2.72 bits per heavy atom. The zero-order valence-electron chi connectivity index (χ0n) is 11.9. The fourth-order valence-electron chi connectivity index (χ4n) is 2.02. The molecule has 1 saturated heterocycles. The van der Waals surface area contributed by atoms with E-state index in [4.69, 9.17) is 9.84 Å². The molecule has 2 atom stereocenters. The maximum Gasteiger partial charge on any atom is 0.410 e. The zero-order valence-corrected chi connectivity index (χ0v) is 11.9. The molecule has 5 nitrogen and oxygen atoms in total. The highest BCUT2D eigenvalue weighted by molar-refractivity contribution is 5.68. The monoisotopic (exact) mass is 258 g/mol. The van der Waals surface area contributed by atoms with E-state index in [1.54, 1.807) is 4.90 Å². The summed E-state index contributed by atoms with van der Waals surface area (Å²) in [5.74, 6) is 0. The van der Waals surface area contributed by atoms with E-state index in [1.165, 1.54) is 0 Å². The molecular formula is C13H26N2O3. The van der Waals surface area contributed by atoms with Gasteiger partial charge in [-0.1, -0.05) is 6.92 Å². The Morgan fingerprint density at radius 1 is 1.56 bits per heavy atom. The Labute approximate surface area is 109 Å². The van der Waals surface area contributed by atoms with Crippen LogP contribution < -0.4 is 5.32 Å². The SMILES string of the molecule is CC[C@@H](CO)NC1CCN(C(=O)OC(C)(C)C)C1. The summed E-state index contributed by atoms with van der Waals surface area (Å²) >= 11 is 0. The fourth-order valence-corrected chi connectivity index (χ4v) is 2.02. The van der Waals surface area contributed by atoms with Crippen molar-refractivity contribution in [2.45, 2.75) is 58.2 Å². The van der Waals surface area contributed by atoms with E-state index in [2.05, 4.69) is 5.32 Å². The zero-order chi connectivity index (χ0) is 13.8. The number of likely N-dealkylation sites (tertiary alicyclic amines) is 1. The smallest absolute Gasteiger partial charge is 0.410 e. The number of hydrogen-bond acceptors (Lipinski definition) is 4. The molecular weight excluding hydrogens is 232 g/mol. The van der Waals surface area contributed by atoms with Crippen molar-refractivity contribution in [3.05, 3.63) is 0 Å². The largest absolute Gasteiger partial charge is 0.444 e. The predicted molar refractivity (Wildman–Crippen MR) is 70.5 cm³/mol. The summed E-state index contributed by atoms with van der Waals surface area (Å²) in [6, 6.07) is 0.378. The highest BCUT2D eigenvalue weighted by Gasteiger charge is 2.30. The van der Waals surface area contributed by atoms with E-state index in [1.807, 2.05) is 27.7 Å². The van der Waals surface area contributed by atoms with Gasteiger partial charge in [-0.05, 0) is 33.6 Å². The van der Waals surface area contributed by atoms with Gasteiger partial charge in [-0.25, -0.2) is 4.79 Å². The minimum absolute atomic E-state index is 0.119. The molecule has 1 rings (SSSR count). The van der Waals surface area contributed by atoms with Gasteiger partial charge in [-0.3, -0.25) is 0 Å². The third-order valence-electron chi connectivity index (χ3n) is 3.02. The summed E-state index contributed by atoms with van der Waals surface area (Å²) in [4.78, 5) is 13.6. The van der Waals surface area contributed by atoms with Gasteiger partial charge in [0.2, 0.25) is 0 Å². The molecule has 1 fully saturated rings. The number of carbonyl (C=O) groups is 1. The topological polar surface area (TPSA) is 61.8 Å². The number of nitrogens with one attached hydrogen (secondary N) is 1. The lowest BCUT2D eigenvalue weighted by atomic mass is 10.2. The molecule has 2 N–H and O–H groups in total. The number of ether oxygens (including phenoxy) is 1. The van der Waals surface area contributed by atoms with Crippen molar-refractivity contribution in [1.29, 1.82) is 0 Å². The molecule has 5 heteroatoms. The Kier molecular flexibility index (Phi) is 5.41. The molecule has 0 aromatic heterocycles. The van der Waals surface area contributed by atoms with E-state index < -0.39 is 5.60 Å². The first-order valence-electron chi connectivity index (χ1n) is 6.70. The van der Waals surface area contributed by atoms with Crippen molar-refractivity contribution in [3.8, 4) is 0 Å². The van der Waals surface area contributed by atoms with E-state index in [-0.39, 0.29) is 24.8 Å². The van der Waals surface area contributed by atoms with E-state index in [9.17, 15) is 4.79 Å². The van der Waals surface area contributed by atoms with Crippen LogP contribution in [0, 0.1) is 0 Å². The molecule has 0 aliphatic carbocycles. The van der Waals surface area contributed by atoms with Crippen LogP contribution in [0.5, 0.6) is 0 Å². The second kappa shape index (κ2) is 6.38. The number of rotatable bonds is 4. The van der Waals surface area contributed by atoms with Gasteiger partial charge in [0.1, 0.15) is 5.60 Å². The summed E-state index contributed by atoms with van der Waals surface area (Å²) in [6.45, 7) is 9.16. The Morgan fingerprint density at radius 2 is 2.22 bits per heavy atom. The maximum atomic E-state index is 11.9. The quantitative estimate of drug-likeness (QED) is 0.799. The van der Waals surface area contributed by atoms with E-state index in [0.29, 0.717) is 13.1 Å². The third-order valence-corrected chi connectivity index (χ3v) is 3.02. The second-order valence-corrected chi connectivity index (χ2v) is 5.87. The van der Waals surface area contributed by atoms with Gasteiger partial charge in [-0.2, -0.15) is 0 Å². The van der Waals surface area contributed by atoms with Gasteiger partial charge < -0.3 is 20.1 Å². The predicted octanol–water partition coefficient (Wildman–Crippen LogP) is 1.36. The van der Waals surface area contributed by atoms with Crippen molar-refractivity contribution in [1.82, 2.24) is 10.2 Å². The Hall–Kier alpha value is -0.810. The standard InChI is InChI=1S/C13H26N2O3/c1-5-10(9-16)14-11-6-7-15(8-11)12(17)18-13(2,3)4/h10-11,14,16H,5-9H2,1-4H3/t10-,11?/m0/s1. The molecule has 1 amide bonds. The van der Waals surface area contributed by atoms with Gasteiger partial charge in [0.25, 0.3) is 0 Å². The van der Waals surface area contributed by atoms with Crippen molar-refractivity contribution in [2.75, 3.05) is 19.7 Å². The van der Waals surface area contributed by atoms with Crippen LogP contribution in [0.25, 0.3) is 0 Å². The molecule has 0 radical (unpaired) electrons. The van der Waals surface area contributed by atoms with E-state index >= 15 is 0 Å². The normalized spacial score (nSPS) is 22.1. The number of nitrogens with zero attached hydrogens (tertiary/aromatic N) is 1. The molecule has 0 bridgehead atoms. The summed E-state index contributed by atoms with van der Waals surface area (Å²) in [5, 5.41) is 12.5. The van der Waals surface area contributed by atoms with Crippen molar-refractivity contribution in [3.63, 3.8) is 0 Å². The second-order valence-electron chi connectivity index (χ2n) is 5.87. The van der Waals surface area contributed by atoms with Crippen LogP contribution in [0.2, 0.25) is 0 Å². The van der Waals surface area contributed by atoms with Crippen molar-refractivity contribution < 1.29 is 14.6 Å². The van der Waals surface area contributed by atoms with Crippen LogP contribution in [-0.2, 0) is 4.74 Å². The van der Waals surface area contributed by atoms with Gasteiger partial charge >= 0.3 is 6.09 Å². The number of carbonyl (C=O) groups excluding carboxylic acids is 1. The minimum atomic E-state index is -0.445.